The summed E-state index contributed by atoms with van der Waals surface area (Å²) >= 11 is 0. The van der Waals surface area contributed by atoms with Crippen LogP contribution in [0.5, 0.6) is 0 Å². The minimum absolute atomic E-state index is 0.0441. The van der Waals surface area contributed by atoms with Gasteiger partial charge in [0.1, 0.15) is 0 Å². The summed E-state index contributed by atoms with van der Waals surface area (Å²) < 4.78 is 1.71. The molecule has 0 atom stereocenters. The molecule has 0 saturated heterocycles. The molecule has 2 heterocycles. The number of anilines is 1. The lowest BCUT2D eigenvalue weighted by Crippen LogP contribution is -2.12. The number of hydrogen-bond donors (Lipinski definition) is 2. The number of carboxylic acids is 1. The Labute approximate surface area is 110 Å². The van der Waals surface area contributed by atoms with Crippen molar-refractivity contribution in [1.29, 1.82) is 0 Å². The molecule has 0 unspecified atom stereocenters. The first-order valence-electron chi connectivity index (χ1n) is 5.86. The molecule has 0 aliphatic rings. The normalized spacial score (nSPS) is 10.4. The van der Waals surface area contributed by atoms with Crippen molar-refractivity contribution in [3.63, 3.8) is 0 Å². The van der Waals surface area contributed by atoms with E-state index in [9.17, 15) is 4.79 Å². The van der Waals surface area contributed by atoms with Gasteiger partial charge in [0.2, 0.25) is 5.95 Å². The fraction of sp³-hybridized carbons (Fsp3) is 0.333. The van der Waals surface area contributed by atoms with Crippen LogP contribution in [0.2, 0.25) is 0 Å². The van der Waals surface area contributed by atoms with Crippen molar-refractivity contribution in [2.24, 2.45) is 0 Å². The van der Waals surface area contributed by atoms with Gasteiger partial charge in [0.15, 0.2) is 5.69 Å². The summed E-state index contributed by atoms with van der Waals surface area (Å²) in [6, 6.07) is 1.90. The molecular weight excluding hydrogens is 246 g/mol. The van der Waals surface area contributed by atoms with Crippen molar-refractivity contribution in [2.75, 3.05) is 11.9 Å². The van der Waals surface area contributed by atoms with E-state index in [1.165, 1.54) is 12.5 Å². The molecule has 0 aromatic carbocycles. The van der Waals surface area contributed by atoms with Gasteiger partial charge < -0.3 is 15.0 Å². The smallest absolute Gasteiger partial charge is 0.356 e. The predicted octanol–water partition coefficient (Wildman–Crippen LogP) is 1.10. The van der Waals surface area contributed by atoms with Crippen LogP contribution in [0.25, 0.3) is 0 Å². The quantitative estimate of drug-likeness (QED) is 0.837. The van der Waals surface area contributed by atoms with Crippen molar-refractivity contribution < 1.29 is 9.90 Å². The largest absolute Gasteiger partial charge is 0.476 e. The summed E-state index contributed by atoms with van der Waals surface area (Å²) in [5, 5.41) is 11.8. The second-order valence-electron chi connectivity index (χ2n) is 4.20. The summed E-state index contributed by atoms with van der Waals surface area (Å²) in [4.78, 5) is 23.0. The highest BCUT2D eigenvalue weighted by Crippen LogP contribution is 2.03. The van der Waals surface area contributed by atoms with E-state index >= 15 is 0 Å². The van der Waals surface area contributed by atoms with E-state index in [0.29, 0.717) is 19.0 Å². The number of nitrogens with one attached hydrogen (secondary N) is 1. The average Bonchev–Trinajstić information content (AvgIpc) is 2.76. The number of hydrogen-bond acceptors (Lipinski definition) is 5. The van der Waals surface area contributed by atoms with Crippen LogP contribution in [-0.2, 0) is 6.54 Å². The number of rotatable bonds is 5. The lowest BCUT2D eigenvalue weighted by molar-refractivity contribution is 0.0691. The third-order valence-corrected chi connectivity index (χ3v) is 2.49. The van der Waals surface area contributed by atoms with Crippen molar-refractivity contribution in [2.45, 2.75) is 20.4 Å². The lowest BCUT2D eigenvalue weighted by Gasteiger charge is -2.06. The van der Waals surface area contributed by atoms with Crippen LogP contribution in [0.4, 0.5) is 5.95 Å². The number of aromatic carboxylic acids is 1. The van der Waals surface area contributed by atoms with Gasteiger partial charge in [-0.05, 0) is 19.9 Å². The first-order valence-corrected chi connectivity index (χ1v) is 5.86. The van der Waals surface area contributed by atoms with Crippen LogP contribution >= 0.6 is 0 Å². The maximum atomic E-state index is 10.7. The van der Waals surface area contributed by atoms with Gasteiger partial charge in [0.25, 0.3) is 0 Å². The minimum atomic E-state index is -1.02. The van der Waals surface area contributed by atoms with E-state index in [2.05, 4.69) is 20.3 Å². The zero-order valence-corrected chi connectivity index (χ0v) is 10.8. The van der Waals surface area contributed by atoms with Crippen LogP contribution in [0, 0.1) is 13.8 Å². The first kappa shape index (κ1) is 13.0. The van der Waals surface area contributed by atoms with E-state index in [0.717, 1.165) is 11.4 Å². The summed E-state index contributed by atoms with van der Waals surface area (Å²) in [5.74, 6) is -0.444. The van der Waals surface area contributed by atoms with Crippen LogP contribution < -0.4 is 5.32 Å². The van der Waals surface area contributed by atoms with Crippen molar-refractivity contribution >= 4 is 11.9 Å². The summed E-state index contributed by atoms with van der Waals surface area (Å²) in [5.41, 5.74) is 1.86. The monoisotopic (exact) mass is 261 g/mol. The molecule has 2 aromatic heterocycles. The highest BCUT2D eigenvalue weighted by molar-refractivity contribution is 5.84. The minimum Gasteiger partial charge on any atom is -0.476 e. The topological polar surface area (TPSA) is 92.9 Å². The number of carboxylic acid groups (broad SMARTS) is 1. The molecule has 7 nitrogen and oxygen atoms in total. The molecule has 0 aliphatic carbocycles. The molecule has 2 N–H and O–H groups in total. The molecule has 19 heavy (non-hydrogen) atoms. The lowest BCUT2D eigenvalue weighted by atomic mass is 10.4. The van der Waals surface area contributed by atoms with Crippen LogP contribution in [0.3, 0.4) is 0 Å². The van der Waals surface area contributed by atoms with Crippen LogP contribution in [0.15, 0.2) is 18.6 Å². The third kappa shape index (κ3) is 3.51. The molecule has 0 fully saturated rings. The Bertz CT molecular complexity index is 573. The molecule has 0 bridgehead atoms. The number of carbonyl (C=O) groups is 1. The summed E-state index contributed by atoms with van der Waals surface area (Å²) in [7, 11) is 0. The van der Waals surface area contributed by atoms with Gasteiger partial charge in [0, 0.05) is 30.7 Å². The third-order valence-electron chi connectivity index (χ3n) is 2.49. The summed E-state index contributed by atoms with van der Waals surface area (Å²) in [6.07, 6.45) is 2.99. The van der Waals surface area contributed by atoms with E-state index in [1.807, 2.05) is 19.9 Å². The summed E-state index contributed by atoms with van der Waals surface area (Å²) in [6.45, 7) is 5.01. The standard InChI is InChI=1S/C12H15N5O2/c1-8-5-9(2)16-12(15-8)13-3-4-17-6-10(11(18)19)14-7-17/h5-7H,3-4H2,1-2H3,(H,18,19)(H,13,15,16). The molecule has 2 aromatic rings. The van der Waals surface area contributed by atoms with Crippen LogP contribution in [0.1, 0.15) is 21.9 Å². The van der Waals surface area contributed by atoms with Gasteiger partial charge in [-0.2, -0.15) is 0 Å². The van der Waals surface area contributed by atoms with Gasteiger partial charge in [-0.1, -0.05) is 0 Å². The van der Waals surface area contributed by atoms with Crippen molar-refractivity contribution in [3.8, 4) is 0 Å². The highest BCUT2D eigenvalue weighted by atomic mass is 16.4. The Hall–Kier alpha value is -2.44. The Morgan fingerprint density at radius 1 is 1.37 bits per heavy atom. The first-order chi connectivity index (χ1) is 9.04. The van der Waals surface area contributed by atoms with E-state index in [1.54, 1.807) is 4.57 Å². The van der Waals surface area contributed by atoms with Gasteiger partial charge in [0.05, 0.1) is 6.33 Å². The molecule has 0 aliphatic heterocycles. The average molecular weight is 261 g/mol. The van der Waals surface area contributed by atoms with Gasteiger partial charge in [-0.25, -0.2) is 19.7 Å². The second-order valence-corrected chi connectivity index (χ2v) is 4.20. The number of aryl methyl sites for hydroxylation is 2. The Morgan fingerprint density at radius 2 is 2.05 bits per heavy atom. The van der Waals surface area contributed by atoms with Crippen LogP contribution in [-0.4, -0.2) is 37.1 Å². The Balaban J connectivity index is 1.90. The number of nitrogens with zero attached hydrogens (tertiary/aromatic N) is 4. The van der Waals surface area contributed by atoms with Gasteiger partial charge >= 0.3 is 5.97 Å². The second kappa shape index (κ2) is 5.47. The molecule has 0 saturated carbocycles. The Kier molecular flexibility index (Phi) is 3.74. The fourth-order valence-corrected chi connectivity index (χ4v) is 1.69. The molecule has 0 radical (unpaired) electrons. The van der Waals surface area contributed by atoms with Crippen molar-refractivity contribution in [1.82, 2.24) is 19.5 Å². The fourth-order valence-electron chi connectivity index (χ4n) is 1.69. The Morgan fingerprint density at radius 3 is 2.63 bits per heavy atom. The maximum absolute atomic E-state index is 10.7. The molecule has 7 heteroatoms. The highest BCUT2D eigenvalue weighted by Gasteiger charge is 2.06. The maximum Gasteiger partial charge on any atom is 0.356 e. The SMILES string of the molecule is Cc1cc(C)nc(NCCn2cnc(C(=O)O)c2)n1. The molecular formula is C12H15N5O2. The number of aromatic nitrogens is 4. The van der Waals surface area contributed by atoms with E-state index < -0.39 is 5.97 Å². The molecule has 2 rings (SSSR count). The van der Waals surface area contributed by atoms with Crippen molar-refractivity contribution in [3.05, 3.63) is 35.7 Å². The van der Waals surface area contributed by atoms with Gasteiger partial charge in [-0.15, -0.1) is 0 Å². The van der Waals surface area contributed by atoms with E-state index in [-0.39, 0.29) is 5.69 Å². The van der Waals surface area contributed by atoms with Gasteiger partial charge in [-0.3, -0.25) is 0 Å². The zero-order chi connectivity index (χ0) is 13.8. The molecule has 0 spiro atoms. The predicted molar refractivity (Wildman–Crippen MR) is 69.2 cm³/mol. The molecule has 0 amide bonds. The zero-order valence-electron chi connectivity index (χ0n) is 10.8. The van der Waals surface area contributed by atoms with E-state index in [4.69, 9.17) is 5.11 Å². The molecule has 100 valence electrons. The number of imidazole rings is 1.